The number of nitrogens with one attached hydrogen (secondary N) is 3. The summed E-state index contributed by atoms with van der Waals surface area (Å²) in [6, 6.07) is 12.7. The molecule has 31 heavy (non-hydrogen) atoms. The number of carbonyl (C=O) groups is 1. The van der Waals surface area contributed by atoms with Gasteiger partial charge in [0.2, 0.25) is 0 Å². The van der Waals surface area contributed by atoms with E-state index < -0.39 is 23.0 Å². The predicted molar refractivity (Wildman–Crippen MR) is 115 cm³/mol. The van der Waals surface area contributed by atoms with Crippen LogP contribution in [0.4, 0.5) is 10.2 Å². The first-order chi connectivity index (χ1) is 14.9. The van der Waals surface area contributed by atoms with Crippen LogP contribution in [0, 0.1) is 5.82 Å². The molecule has 0 aliphatic carbocycles. The maximum Gasteiger partial charge on any atom is 0.363 e. The van der Waals surface area contributed by atoms with Gasteiger partial charge in [-0.15, -0.1) is 0 Å². The minimum absolute atomic E-state index is 0.0418. The van der Waals surface area contributed by atoms with Crippen LogP contribution in [0.2, 0.25) is 5.02 Å². The molecule has 1 amide bonds. The van der Waals surface area contributed by atoms with Crippen LogP contribution in [0.5, 0.6) is 0 Å². The standard InChI is InChI=1S/C21H20ClFN4O4/c1-2-24-18-17(19(28)25-11-14-10-15(23)8-9-16(14)22)20(29)27(21(30)26-18)31-12-13-6-4-3-5-7-13/h3-10,24H,2,11-12H2,1H3,(H,25,28)(H,26,30). The van der Waals surface area contributed by atoms with Gasteiger partial charge in [0.15, 0.2) is 0 Å². The lowest BCUT2D eigenvalue weighted by molar-refractivity contribution is 0.0764. The maximum absolute atomic E-state index is 13.5. The Hall–Kier alpha value is -3.59. The van der Waals surface area contributed by atoms with Gasteiger partial charge < -0.3 is 15.5 Å². The minimum Gasteiger partial charge on any atom is -0.401 e. The lowest BCUT2D eigenvalue weighted by Crippen LogP contribution is -2.45. The topological polar surface area (TPSA) is 105 Å². The van der Waals surface area contributed by atoms with Crippen LogP contribution in [0.25, 0.3) is 0 Å². The molecule has 0 saturated carbocycles. The molecular weight excluding hydrogens is 427 g/mol. The summed E-state index contributed by atoms with van der Waals surface area (Å²) in [4.78, 5) is 45.8. The van der Waals surface area contributed by atoms with Crippen molar-refractivity contribution in [2.24, 2.45) is 0 Å². The van der Waals surface area contributed by atoms with Gasteiger partial charge in [-0.1, -0.05) is 46.7 Å². The number of hydrogen-bond donors (Lipinski definition) is 3. The second-order valence-corrected chi connectivity index (χ2v) is 6.89. The van der Waals surface area contributed by atoms with Crippen molar-refractivity contribution in [2.75, 3.05) is 11.9 Å². The highest BCUT2D eigenvalue weighted by Crippen LogP contribution is 2.17. The molecular formula is C21H20ClFN4O4. The lowest BCUT2D eigenvalue weighted by Gasteiger charge is -2.14. The molecule has 0 fully saturated rings. The predicted octanol–water partition coefficient (Wildman–Crippen LogP) is 2.32. The third-order valence-corrected chi connectivity index (χ3v) is 4.66. The van der Waals surface area contributed by atoms with Crippen molar-refractivity contribution in [2.45, 2.75) is 20.1 Å². The molecule has 0 aliphatic heterocycles. The SMILES string of the molecule is CCNc1[nH]c(=O)n(OCc2ccccc2)c(=O)c1C(=O)NCc1cc(F)ccc1Cl. The first kappa shape index (κ1) is 22.1. The van der Waals surface area contributed by atoms with Crippen LogP contribution < -0.4 is 26.7 Å². The van der Waals surface area contributed by atoms with Crippen molar-refractivity contribution < 1.29 is 14.0 Å². The zero-order chi connectivity index (χ0) is 22.4. The largest absolute Gasteiger partial charge is 0.401 e. The van der Waals surface area contributed by atoms with E-state index >= 15 is 0 Å². The summed E-state index contributed by atoms with van der Waals surface area (Å²) in [6.45, 7) is 1.92. The average Bonchev–Trinajstić information content (AvgIpc) is 2.75. The molecule has 0 unspecified atom stereocenters. The normalized spacial score (nSPS) is 10.5. The molecule has 0 spiro atoms. The second kappa shape index (κ2) is 9.94. The number of nitrogens with zero attached hydrogens (tertiary/aromatic N) is 1. The summed E-state index contributed by atoms with van der Waals surface area (Å²) >= 11 is 6.02. The number of anilines is 1. The third-order valence-electron chi connectivity index (χ3n) is 4.30. The van der Waals surface area contributed by atoms with E-state index in [1.54, 1.807) is 31.2 Å². The highest BCUT2D eigenvalue weighted by atomic mass is 35.5. The van der Waals surface area contributed by atoms with Gasteiger partial charge in [-0.3, -0.25) is 14.6 Å². The second-order valence-electron chi connectivity index (χ2n) is 6.49. The van der Waals surface area contributed by atoms with E-state index in [4.69, 9.17) is 16.4 Å². The number of aromatic nitrogens is 2. The fraction of sp³-hybridized carbons (Fsp3) is 0.190. The van der Waals surface area contributed by atoms with E-state index in [9.17, 15) is 18.8 Å². The van der Waals surface area contributed by atoms with Crippen LogP contribution in [-0.2, 0) is 13.2 Å². The smallest absolute Gasteiger partial charge is 0.363 e. The number of aromatic amines is 1. The molecule has 0 atom stereocenters. The van der Waals surface area contributed by atoms with Crippen molar-refractivity contribution in [1.29, 1.82) is 0 Å². The quantitative estimate of drug-likeness (QED) is 0.492. The highest BCUT2D eigenvalue weighted by Gasteiger charge is 2.22. The molecule has 0 bridgehead atoms. The Morgan fingerprint density at radius 2 is 1.94 bits per heavy atom. The van der Waals surface area contributed by atoms with E-state index in [0.29, 0.717) is 16.8 Å². The van der Waals surface area contributed by atoms with Gasteiger partial charge in [-0.2, -0.15) is 0 Å². The molecule has 1 heterocycles. The fourth-order valence-corrected chi connectivity index (χ4v) is 3.00. The van der Waals surface area contributed by atoms with Gasteiger partial charge >= 0.3 is 11.2 Å². The average molecular weight is 447 g/mol. The summed E-state index contributed by atoms with van der Waals surface area (Å²) < 4.78 is 14.0. The van der Waals surface area contributed by atoms with E-state index in [0.717, 1.165) is 5.56 Å². The van der Waals surface area contributed by atoms with Gasteiger partial charge in [-0.05, 0) is 36.2 Å². The third kappa shape index (κ3) is 5.32. The van der Waals surface area contributed by atoms with Gasteiger partial charge in [0.05, 0.1) is 0 Å². The molecule has 0 aliphatic rings. The van der Waals surface area contributed by atoms with Gasteiger partial charge in [-0.25, -0.2) is 9.18 Å². The lowest BCUT2D eigenvalue weighted by atomic mass is 10.2. The van der Waals surface area contributed by atoms with Crippen molar-refractivity contribution in [3.05, 3.63) is 96.9 Å². The summed E-state index contributed by atoms with van der Waals surface area (Å²) in [7, 11) is 0. The van der Waals surface area contributed by atoms with E-state index in [2.05, 4.69) is 15.6 Å². The molecule has 3 aromatic rings. The molecule has 8 nitrogen and oxygen atoms in total. The number of carbonyl (C=O) groups excluding carboxylic acids is 1. The van der Waals surface area contributed by atoms with Gasteiger partial charge in [0.1, 0.15) is 23.8 Å². The van der Waals surface area contributed by atoms with E-state index in [1.807, 2.05) is 6.07 Å². The Morgan fingerprint density at radius 3 is 2.65 bits per heavy atom. The number of hydrogen-bond acceptors (Lipinski definition) is 5. The molecule has 3 N–H and O–H groups in total. The van der Waals surface area contributed by atoms with Crippen LogP contribution in [0.1, 0.15) is 28.4 Å². The number of halogens is 2. The maximum atomic E-state index is 13.5. The Kier molecular flexibility index (Phi) is 7.09. The Morgan fingerprint density at radius 1 is 1.19 bits per heavy atom. The highest BCUT2D eigenvalue weighted by molar-refractivity contribution is 6.31. The molecule has 3 rings (SSSR count). The summed E-state index contributed by atoms with van der Waals surface area (Å²) in [5, 5.41) is 5.57. The first-order valence-electron chi connectivity index (χ1n) is 9.43. The van der Waals surface area contributed by atoms with Crippen LogP contribution in [-0.4, -0.2) is 22.2 Å². The molecule has 0 saturated heterocycles. The molecule has 2 aromatic carbocycles. The molecule has 162 valence electrons. The molecule has 10 heteroatoms. The minimum atomic E-state index is -0.932. The Labute approximate surface area is 181 Å². The van der Waals surface area contributed by atoms with E-state index in [-0.39, 0.29) is 29.6 Å². The zero-order valence-electron chi connectivity index (χ0n) is 16.6. The van der Waals surface area contributed by atoms with Crippen LogP contribution >= 0.6 is 11.6 Å². The number of benzene rings is 2. The van der Waals surface area contributed by atoms with Gasteiger partial charge in [0.25, 0.3) is 5.91 Å². The van der Waals surface area contributed by atoms with Crippen molar-refractivity contribution >= 4 is 23.3 Å². The zero-order valence-corrected chi connectivity index (χ0v) is 17.3. The Bertz CT molecular complexity index is 1190. The van der Waals surface area contributed by atoms with Crippen molar-refractivity contribution in [3.63, 3.8) is 0 Å². The van der Waals surface area contributed by atoms with Crippen LogP contribution in [0.3, 0.4) is 0 Å². The van der Waals surface area contributed by atoms with E-state index in [1.165, 1.54) is 18.2 Å². The number of amides is 1. The summed E-state index contributed by atoms with van der Waals surface area (Å²) in [5.74, 6) is -1.34. The number of rotatable bonds is 8. The number of H-pyrrole nitrogens is 1. The van der Waals surface area contributed by atoms with Crippen molar-refractivity contribution in [3.8, 4) is 0 Å². The first-order valence-corrected chi connectivity index (χ1v) is 9.81. The van der Waals surface area contributed by atoms with Gasteiger partial charge in [0, 0.05) is 18.1 Å². The van der Waals surface area contributed by atoms with Crippen molar-refractivity contribution in [1.82, 2.24) is 15.0 Å². The summed E-state index contributed by atoms with van der Waals surface area (Å²) in [5.41, 5.74) is -1.04. The Balaban J connectivity index is 1.89. The molecule has 0 radical (unpaired) electrons. The summed E-state index contributed by atoms with van der Waals surface area (Å²) in [6.07, 6.45) is 0. The van der Waals surface area contributed by atoms with Crippen LogP contribution in [0.15, 0.2) is 58.1 Å². The molecule has 1 aromatic heterocycles. The monoisotopic (exact) mass is 446 g/mol. The fourth-order valence-electron chi connectivity index (χ4n) is 2.81.